The number of rotatable bonds is 3. The van der Waals surface area contributed by atoms with E-state index in [-0.39, 0.29) is 12.1 Å². The molecular formula is C10H18N2O3. The third-order valence-corrected chi connectivity index (χ3v) is 3.10. The van der Waals surface area contributed by atoms with E-state index in [4.69, 9.17) is 5.11 Å². The van der Waals surface area contributed by atoms with Crippen LogP contribution in [0.15, 0.2) is 0 Å². The van der Waals surface area contributed by atoms with Crippen LogP contribution in [0, 0.1) is 0 Å². The van der Waals surface area contributed by atoms with Crippen molar-refractivity contribution in [3.63, 3.8) is 0 Å². The first-order valence-corrected chi connectivity index (χ1v) is 5.13. The summed E-state index contributed by atoms with van der Waals surface area (Å²) in [6.07, 6.45) is 3.12. The zero-order valence-electron chi connectivity index (χ0n) is 9.41. The van der Waals surface area contributed by atoms with Crippen LogP contribution in [0.25, 0.3) is 0 Å². The Morgan fingerprint density at radius 2 is 1.93 bits per heavy atom. The highest BCUT2D eigenvalue weighted by Crippen LogP contribution is 2.19. The molecule has 0 saturated heterocycles. The van der Waals surface area contributed by atoms with Crippen molar-refractivity contribution in [2.45, 2.75) is 44.7 Å². The van der Waals surface area contributed by atoms with Gasteiger partial charge in [-0.15, -0.1) is 0 Å². The molecular weight excluding hydrogens is 196 g/mol. The molecule has 0 radical (unpaired) electrons. The van der Waals surface area contributed by atoms with Crippen LogP contribution >= 0.6 is 0 Å². The lowest BCUT2D eigenvalue weighted by molar-refractivity contribution is -0.146. The fourth-order valence-electron chi connectivity index (χ4n) is 1.22. The predicted molar refractivity (Wildman–Crippen MR) is 55.6 cm³/mol. The maximum atomic E-state index is 11.6. The number of carbonyl (C=O) groups excluding carboxylic acids is 1. The Kier molecular flexibility index (Phi) is 3.21. The molecule has 0 spiro atoms. The second-order valence-electron chi connectivity index (χ2n) is 4.50. The van der Waals surface area contributed by atoms with Crippen molar-refractivity contribution < 1.29 is 14.7 Å². The topological polar surface area (TPSA) is 69.6 Å². The van der Waals surface area contributed by atoms with Crippen LogP contribution in [0.4, 0.5) is 4.79 Å². The van der Waals surface area contributed by atoms with Crippen LogP contribution in [0.2, 0.25) is 0 Å². The summed E-state index contributed by atoms with van der Waals surface area (Å²) in [7, 11) is 1.50. The van der Waals surface area contributed by atoms with Gasteiger partial charge in [0.15, 0.2) is 0 Å². The molecule has 0 bridgehead atoms. The summed E-state index contributed by atoms with van der Waals surface area (Å²) < 4.78 is 0. The summed E-state index contributed by atoms with van der Waals surface area (Å²) in [6.45, 7) is 3.02. The summed E-state index contributed by atoms with van der Waals surface area (Å²) in [5.41, 5.74) is -1.17. The van der Waals surface area contributed by atoms with Gasteiger partial charge in [-0.3, -0.25) is 0 Å². The Hall–Kier alpha value is -1.26. The van der Waals surface area contributed by atoms with Crippen molar-refractivity contribution >= 4 is 12.0 Å². The molecule has 0 aromatic heterocycles. The van der Waals surface area contributed by atoms with Crippen molar-refractivity contribution in [1.82, 2.24) is 10.2 Å². The molecule has 86 valence electrons. The second kappa shape index (κ2) is 4.08. The number of aliphatic carboxylic acids is 1. The van der Waals surface area contributed by atoms with Gasteiger partial charge in [0.05, 0.1) is 0 Å². The minimum Gasteiger partial charge on any atom is -0.480 e. The number of nitrogens with zero attached hydrogens (tertiary/aromatic N) is 1. The van der Waals surface area contributed by atoms with Gasteiger partial charge in [0.1, 0.15) is 5.54 Å². The quantitative estimate of drug-likeness (QED) is 0.737. The van der Waals surface area contributed by atoms with Gasteiger partial charge >= 0.3 is 12.0 Å². The Bertz CT molecular complexity index is 272. The summed E-state index contributed by atoms with van der Waals surface area (Å²) >= 11 is 0. The molecule has 0 atom stereocenters. The molecule has 0 aromatic carbocycles. The number of carboxylic acids is 1. The van der Waals surface area contributed by atoms with Crippen LogP contribution in [-0.4, -0.2) is 40.6 Å². The van der Waals surface area contributed by atoms with Gasteiger partial charge in [-0.2, -0.15) is 0 Å². The first kappa shape index (κ1) is 11.8. The van der Waals surface area contributed by atoms with E-state index in [0.29, 0.717) is 0 Å². The van der Waals surface area contributed by atoms with E-state index >= 15 is 0 Å². The normalized spacial score (nSPS) is 16.7. The number of hydrogen-bond donors (Lipinski definition) is 2. The highest BCUT2D eigenvalue weighted by Gasteiger charge is 2.36. The van der Waals surface area contributed by atoms with Crippen molar-refractivity contribution in [2.75, 3.05) is 7.05 Å². The Balaban J connectivity index is 2.54. The van der Waals surface area contributed by atoms with Gasteiger partial charge in [-0.05, 0) is 33.1 Å². The smallest absolute Gasteiger partial charge is 0.329 e. The van der Waals surface area contributed by atoms with Gasteiger partial charge < -0.3 is 15.3 Å². The first-order chi connectivity index (χ1) is 6.85. The standard InChI is InChI=1S/C10H18N2O3/c1-10(2,8(13)14)12(3)9(15)11-7-5-4-6-7/h7H,4-6H2,1-3H3,(H,11,15)(H,13,14). The van der Waals surface area contributed by atoms with Crippen LogP contribution in [0.1, 0.15) is 33.1 Å². The van der Waals surface area contributed by atoms with E-state index in [1.165, 1.54) is 25.8 Å². The lowest BCUT2D eigenvalue weighted by atomic mass is 9.93. The number of carboxylic acid groups (broad SMARTS) is 1. The lowest BCUT2D eigenvalue weighted by Gasteiger charge is -2.35. The van der Waals surface area contributed by atoms with Gasteiger partial charge in [0.25, 0.3) is 0 Å². The summed E-state index contributed by atoms with van der Waals surface area (Å²) in [6, 6.07) is -0.0864. The number of amides is 2. The predicted octanol–water partition coefficient (Wildman–Crippen LogP) is 1.04. The Morgan fingerprint density at radius 3 is 2.27 bits per heavy atom. The van der Waals surface area contributed by atoms with Gasteiger partial charge in [0, 0.05) is 13.1 Å². The first-order valence-electron chi connectivity index (χ1n) is 5.13. The van der Waals surface area contributed by atoms with E-state index in [0.717, 1.165) is 19.3 Å². The molecule has 0 aromatic rings. The summed E-state index contributed by atoms with van der Waals surface area (Å²) in [5.74, 6) is -1.01. The maximum absolute atomic E-state index is 11.6. The van der Waals surface area contributed by atoms with Crippen molar-refractivity contribution in [1.29, 1.82) is 0 Å². The third-order valence-electron chi connectivity index (χ3n) is 3.10. The minimum atomic E-state index is -1.17. The van der Waals surface area contributed by atoms with Crippen molar-refractivity contribution in [3.05, 3.63) is 0 Å². The molecule has 1 saturated carbocycles. The van der Waals surface area contributed by atoms with Crippen LogP contribution < -0.4 is 5.32 Å². The van der Waals surface area contributed by atoms with E-state index in [1.54, 1.807) is 0 Å². The second-order valence-corrected chi connectivity index (χ2v) is 4.50. The average molecular weight is 214 g/mol. The maximum Gasteiger partial charge on any atom is 0.329 e. The molecule has 0 aliphatic heterocycles. The third kappa shape index (κ3) is 2.40. The molecule has 5 nitrogen and oxygen atoms in total. The fraction of sp³-hybridized carbons (Fsp3) is 0.800. The van der Waals surface area contributed by atoms with Gasteiger partial charge in [0.2, 0.25) is 0 Å². The molecule has 1 aliphatic rings. The summed E-state index contributed by atoms with van der Waals surface area (Å²) in [4.78, 5) is 23.8. The Labute approximate surface area is 89.4 Å². The molecule has 0 heterocycles. The number of likely N-dealkylation sites (N-methyl/N-ethyl adjacent to an activating group) is 1. The zero-order valence-corrected chi connectivity index (χ0v) is 9.41. The SMILES string of the molecule is CN(C(=O)NC1CCC1)C(C)(C)C(=O)O. The highest BCUT2D eigenvalue weighted by atomic mass is 16.4. The highest BCUT2D eigenvalue weighted by molar-refractivity contribution is 5.85. The molecule has 15 heavy (non-hydrogen) atoms. The van der Waals surface area contributed by atoms with Gasteiger partial charge in [-0.25, -0.2) is 9.59 Å². The Morgan fingerprint density at radius 1 is 1.40 bits per heavy atom. The van der Waals surface area contributed by atoms with Crippen LogP contribution in [0.3, 0.4) is 0 Å². The van der Waals surface area contributed by atoms with E-state index in [9.17, 15) is 9.59 Å². The number of urea groups is 1. The minimum absolute atomic E-state index is 0.226. The van der Waals surface area contributed by atoms with Gasteiger partial charge in [-0.1, -0.05) is 0 Å². The molecule has 0 unspecified atom stereocenters. The number of hydrogen-bond acceptors (Lipinski definition) is 2. The lowest BCUT2D eigenvalue weighted by Crippen LogP contribution is -2.56. The molecule has 1 fully saturated rings. The molecule has 5 heteroatoms. The average Bonchev–Trinajstić information content (AvgIpc) is 2.09. The van der Waals surface area contributed by atoms with Crippen LogP contribution in [-0.2, 0) is 4.79 Å². The van der Waals surface area contributed by atoms with Crippen molar-refractivity contribution in [2.24, 2.45) is 0 Å². The molecule has 2 N–H and O–H groups in total. The molecule has 1 aliphatic carbocycles. The van der Waals surface area contributed by atoms with E-state index < -0.39 is 11.5 Å². The van der Waals surface area contributed by atoms with E-state index in [2.05, 4.69) is 5.32 Å². The zero-order chi connectivity index (χ0) is 11.6. The van der Waals surface area contributed by atoms with E-state index in [1.807, 2.05) is 0 Å². The molecule has 1 rings (SSSR count). The number of carbonyl (C=O) groups is 2. The number of nitrogens with one attached hydrogen (secondary N) is 1. The molecule has 2 amide bonds. The summed E-state index contributed by atoms with van der Waals surface area (Å²) in [5, 5.41) is 11.7. The largest absolute Gasteiger partial charge is 0.480 e. The fourth-order valence-corrected chi connectivity index (χ4v) is 1.22. The van der Waals surface area contributed by atoms with Crippen molar-refractivity contribution in [3.8, 4) is 0 Å². The van der Waals surface area contributed by atoms with Crippen LogP contribution in [0.5, 0.6) is 0 Å². The monoisotopic (exact) mass is 214 g/mol.